The molecule has 1 amide bonds. The molecule has 1 heterocycles. The van der Waals surface area contributed by atoms with Crippen LogP contribution in [0.15, 0.2) is 34.7 Å². The van der Waals surface area contributed by atoms with Gasteiger partial charge in [-0.2, -0.15) is 0 Å². The maximum atomic E-state index is 12.5. The summed E-state index contributed by atoms with van der Waals surface area (Å²) >= 11 is 0. The van der Waals surface area contributed by atoms with Crippen molar-refractivity contribution >= 4 is 11.9 Å². The number of carbonyl (C=O) groups excluding carboxylic acids is 1. The second kappa shape index (κ2) is 7.01. The molecular weight excluding hydrogens is 322 g/mol. The third kappa shape index (κ3) is 4.21. The van der Waals surface area contributed by atoms with E-state index in [0.717, 1.165) is 12.4 Å². The quantitative estimate of drug-likeness (QED) is 0.834. The zero-order valence-corrected chi connectivity index (χ0v) is 14.3. The Morgan fingerprint density at radius 3 is 2.52 bits per heavy atom. The number of carboxylic acids is 1. The molecule has 0 atom stereocenters. The van der Waals surface area contributed by atoms with Gasteiger partial charge in [0.05, 0.1) is 13.2 Å². The highest BCUT2D eigenvalue weighted by Crippen LogP contribution is 2.29. The molecule has 6 nitrogen and oxygen atoms in total. The fourth-order valence-corrected chi connectivity index (χ4v) is 2.55. The normalized spacial score (nSPS) is 13.5. The van der Waals surface area contributed by atoms with Gasteiger partial charge in [0.15, 0.2) is 0 Å². The molecule has 1 aromatic heterocycles. The number of hydrogen-bond acceptors (Lipinski definition) is 4. The van der Waals surface area contributed by atoms with Gasteiger partial charge in [-0.1, -0.05) is 0 Å². The van der Waals surface area contributed by atoms with E-state index in [2.05, 4.69) is 0 Å². The van der Waals surface area contributed by atoms with Crippen LogP contribution in [0.4, 0.5) is 0 Å². The van der Waals surface area contributed by atoms with Crippen LogP contribution in [0.2, 0.25) is 0 Å². The highest BCUT2D eigenvalue weighted by molar-refractivity contribution is 5.94. The molecule has 6 heteroatoms. The van der Waals surface area contributed by atoms with E-state index in [9.17, 15) is 9.59 Å². The summed E-state index contributed by atoms with van der Waals surface area (Å²) < 4.78 is 11.1. The van der Waals surface area contributed by atoms with Crippen LogP contribution in [0, 0.1) is 12.8 Å². The number of aromatic carboxylic acids is 1. The molecule has 3 rings (SSSR count). The molecule has 1 saturated carbocycles. The maximum Gasteiger partial charge on any atom is 0.339 e. The number of furan rings is 1. The minimum atomic E-state index is -1.04. The second-order valence-corrected chi connectivity index (χ2v) is 6.43. The molecule has 1 aliphatic rings. The lowest BCUT2D eigenvalue weighted by Gasteiger charge is -2.16. The summed E-state index contributed by atoms with van der Waals surface area (Å²) in [6.07, 6.45) is 2.47. The predicted molar refractivity (Wildman–Crippen MR) is 90.9 cm³/mol. The van der Waals surface area contributed by atoms with Crippen LogP contribution >= 0.6 is 0 Å². The van der Waals surface area contributed by atoms with E-state index in [1.165, 1.54) is 23.8 Å². The summed E-state index contributed by atoms with van der Waals surface area (Å²) in [5.41, 5.74) is 0.663. The molecule has 0 radical (unpaired) electrons. The number of aryl methyl sites for hydroxylation is 1. The number of carboxylic acid groups (broad SMARTS) is 1. The number of ether oxygens (including phenoxy) is 1. The van der Waals surface area contributed by atoms with Crippen molar-refractivity contribution in [1.82, 2.24) is 4.90 Å². The van der Waals surface area contributed by atoms with Gasteiger partial charge in [-0.3, -0.25) is 4.79 Å². The Hall–Kier alpha value is -2.76. The summed E-state index contributed by atoms with van der Waals surface area (Å²) in [5, 5.41) is 9.06. The number of carbonyl (C=O) groups is 2. The van der Waals surface area contributed by atoms with E-state index in [-0.39, 0.29) is 18.0 Å². The highest BCUT2D eigenvalue weighted by atomic mass is 16.5. The molecule has 1 fully saturated rings. The van der Waals surface area contributed by atoms with Crippen LogP contribution in [-0.4, -0.2) is 35.5 Å². The van der Waals surface area contributed by atoms with Crippen molar-refractivity contribution in [2.24, 2.45) is 5.92 Å². The third-order valence-corrected chi connectivity index (χ3v) is 4.22. The molecule has 0 aliphatic heterocycles. The summed E-state index contributed by atoms with van der Waals surface area (Å²) in [4.78, 5) is 25.0. The Morgan fingerprint density at radius 1 is 1.28 bits per heavy atom. The fraction of sp³-hybridized carbons (Fsp3) is 0.368. The van der Waals surface area contributed by atoms with E-state index >= 15 is 0 Å². The van der Waals surface area contributed by atoms with Gasteiger partial charge in [0.2, 0.25) is 0 Å². The maximum absolute atomic E-state index is 12.5. The van der Waals surface area contributed by atoms with Crippen LogP contribution < -0.4 is 4.74 Å². The number of hydrogen-bond donors (Lipinski definition) is 1. The fourth-order valence-electron chi connectivity index (χ4n) is 2.55. The highest BCUT2D eigenvalue weighted by Gasteiger charge is 2.22. The molecule has 0 spiro atoms. The van der Waals surface area contributed by atoms with Gasteiger partial charge >= 0.3 is 5.97 Å². The van der Waals surface area contributed by atoms with Crippen molar-refractivity contribution in [2.45, 2.75) is 26.3 Å². The van der Waals surface area contributed by atoms with Gasteiger partial charge in [-0.15, -0.1) is 0 Å². The third-order valence-electron chi connectivity index (χ3n) is 4.22. The molecule has 25 heavy (non-hydrogen) atoms. The minimum absolute atomic E-state index is 0.119. The summed E-state index contributed by atoms with van der Waals surface area (Å²) in [6.45, 7) is 2.53. The first-order valence-electron chi connectivity index (χ1n) is 8.25. The number of amides is 1. The molecule has 132 valence electrons. The van der Waals surface area contributed by atoms with E-state index in [1.807, 2.05) is 0 Å². The van der Waals surface area contributed by atoms with Crippen molar-refractivity contribution in [3.63, 3.8) is 0 Å². The number of nitrogens with zero attached hydrogens (tertiary/aromatic N) is 1. The van der Waals surface area contributed by atoms with Gasteiger partial charge in [-0.05, 0) is 56.0 Å². The lowest BCUT2D eigenvalue weighted by molar-refractivity contribution is 0.0694. The van der Waals surface area contributed by atoms with Crippen molar-refractivity contribution < 1.29 is 23.8 Å². The first-order valence-corrected chi connectivity index (χ1v) is 8.25. The largest absolute Gasteiger partial charge is 0.493 e. The van der Waals surface area contributed by atoms with Crippen LogP contribution in [-0.2, 0) is 6.54 Å². The molecule has 0 saturated heterocycles. The van der Waals surface area contributed by atoms with Crippen molar-refractivity contribution in [3.8, 4) is 5.75 Å². The van der Waals surface area contributed by atoms with Crippen molar-refractivity contribution in [1.29, 1.82) is 0 Å². The molecule has 1 N–H and O–H groups in total. The molecule has 1 aromatic carbocycles. The monoisotopic (exact) mass is 343 g/mol. The smallest absolute Gasteiger partial charge is 0.339 e. The Bertz CT molecular complexity index is 774. The van der Waals surface area contributed by atoms with E-state index in [1.54, 1.807) is 38.2 Å². The predicted octanol–water partition coefficient (Wildman–Crippen LogP) is 3.35. The topological polar surface area (TPSA) is 80.0 Å². The number of benzene rings is 1. The Labute approximate surface area is 146 Å². The summed E-state index contributed by atoms with van der Waals surface area (Å²) in [7, 11) is 1.65. The van der Waals surface area contributed by atoms with E-state index in [0.29, 0.717) is 23.0 Å². The minimum Gasteiger partial charge on any atom is -0.493 e. The van der Waals surface area contributed by atoms with Gasteiger partial charge < -0.3 is 19.2 Å². The lowest BCUT2D eigenvalue weighted by atomic mass is 10.2. The van der Waals surface area contributed by atoms with Gasteiger partial charge in [0.1, 0.15) is 22.8 Å². The summed E-state index contributed by atoms with van der Waals surface area (Å²) in [5.74, 6) is 1.01. The molecule has 2 aromatic rings. The molecular formula is C19H21NO5. The number of rotatable bonds is 7. The van der Waals surface area contributed by atoms with Crippen molar-refractivity contribution in [3.05, 3.63) is 53.0 Å². The average Bonchev–Trinajstić information content (AvgIpc) is 3.34. The van der Waals surface area contributed by atoms with Crippen LogP contribution in [0.3, 0.4) is 0 Å². The Balaban J connectivity index is 1.61. The zero-order valence-electron chi connectivity index (χ0n) is 14.3. The average molecular weight is 343 g/mol. The van der Waals surface area contributed by atoms with E-state index in [4.69, 9.17) is 14.3 Å². The SMILES string of the molecule is Cc1oc(CN(C)C(=O)c2ccc(OCC3CC3)cc2)cc1C(=O)O. The molecule has 0 unspecified atom stereocenters. The van der Waals surface area contributed by atoms with Gasteiger partial charge in [0, 0.05) is 12.6 Å². The first kappa shape index (κ1) is 17.1. The van der Waals surface area contributed by atoms with E-state index < -0.39 is 5.97 Å². The van der Waals surface area contributed by atoms with Gasteiger partial charge in [0.25, 0.3) is 5.91 Å². The Morgan fingerprint density at radius 2 is 1.96 bits per heavy atom. The standard InChI is InChI=1S/C19H21NO5/c1-12-17(19(22)23)9-16(25-12)10-20(2)18(21)14-5-7-15(8-6-14)24-11-13-3-4-13/h5-9,13H,3-4,10-11H2,1-2H3,(H,22,23). The van der Waals surface area contributed by atoms with Crippen molar-refractivity contribution in [2.75, 3.05) is 13.7 Å². The van der Waals surface area contributed by atoms with Gasteiger partial charge in [-0.25, -0.2) is 4.79 Å². The molecule has 0 bridgehead atoms. The van der Waals surface area contributed by atoms with Crippen LogP contribution in [0.1, 0.15) is 45.1 Å². The molecule has 1 aliphatic carbocycles. The summed E-state index contributed by atoms with van der Waals surface area (Å²) in [6, 6.07) is 8.51. The Kier molecular flexibility index (Phi) is 4.79. The lowest BCUT2D eigenvalue weighted by Crippen LogP contribution is -2.25. The second-order valence-electron chi connectivity index (χ2n) is 6.43. The van der Waals surface area contributed by atoms with Crippen LogP contribution in [0.5, 0.6) is 5.75 Å². The first-order chi connectivity index (χ1) is 11.9. The van der Waals surface area contributed by atoms with Crippen LogP contribution in [0.25, 0.3) is 0 Å². The zero-order chi connectivity index (χ0) is 18.0.